The summed E-state index contributed by atoms with van der Waals surface area (Å²) < 4.78 is 6.34. The molecule has 4 heteroatoms. The van der Waals surface area contributed by atoms with Crippen molar-refractivity contribution >= 4 is 17.3 Å². The molecule has 0 unspecified atom stereocenters. The van der Waals surface area contributed by atoms with E-state index in [1.807, 2.05) is 18.2 Å². The third-order valence-corrected chi connectivity index (χ3v) is 7.81. The van der Waals surface area contributed by atoms with Gasteiger partial charge in [-0.15, -0.1) is 0 Å². The number of nitrogens with zero attached hydrogens (tertiary/aromatic N) is 2. The van der Waals surface area contributed by atoms with Crippen molar-refractivity contribution in [3.63, 3.8) is 0 Å². The predicted octanol–water partition coefficient (Wildman–Crippen LogP) is 6.11. The molecule has 0 radical (unpaired) electrons. The number of carbonyl (C=O) groups excluding carboxylic acids is 1. The molecular formula is C30H33N2O2+. The van der Waals surface area contributed by atoms with Crippen molar-refractivity contribution in [2.45, 2.75) is 38.5 Å². The van der Waals surface area contributed by atoms with Crippen LogP contribution in [-0.4, -0.2) is 27.1 Å². The average molecular weight is 454 g/mol. The van der Waals surface area contributed by atoms with Crippen molar-refractivity contribution in [2.75, 3.05) is 26.0 Å². The number of para-hydroxylation sites is 2. The third-order valence-electron chi connectivity index (χ3n) is 7.81. The lowest BCUT2D eigenvalue weighted by Gasteiger charge is -2.29. The minimum Gasteiger partial charge on any atom is -0.423 e. The summed E-state index contributed by atoms with van der Waals surface area (Å²) in [5.74, 6) is 0.289. The fourth-order valence-electron chi connectivity index (χ4n) is 6.00. The van der Waals surface area contributed by atoms with Gasteiger partial charge in [-0.25, -0.2) is 4.79 Å². The van der Waals surface area contributed by atoms with Gasteiger partial charge < -0.3 is 9.64 Å². The van der Waals surface area contributed by atoms with Gasteiger partial charge in [0.2, 0.25) is 0 Å². The largest absolute Gasteiger partial charge is 0.423 e. The van der Waals surface area contributed by atoms with E-state index in [0.29, 0.717) is 15.8 Å². The van der Waals surface area contributed by atoms with Gasteiger partial charge in [-0.2, -0.15) is 0 Å². The van der Waals surface area contributed by atoms with Crippen LogP contribution in [0.2, 0.25) is 0 Å². The number of ether oxygens (including phenoxy) is 1. The van der Waals surface area contributed by atoms with E-state index < -0.39 is 0 Å². The highest BCUT2D eigenvalue weighted by molar-refractivity contribution is 5.96. The first kappa shape index (κ1) is 22.4. The Morgan fingerprint density at radius 2 is 1.53 bits per heavy atom. The highest BCUT2D eigenvalue weighted by atomic mass is 16.5. The molecule has 34 heavy (non-hydrogen) atoms. The van der Waals surface area contributed by atoms with Crippen LogP contribution in [-0.2, 0) is 20.4 Å². The lowest BCUT2D eigenvalue weighted by Crippen LogP contribution is -2.40. The lowest BCUT2D eigenvalue weighted by molar-refractivity contribution is -0.132. The minimum atomic E-state index is -0.307. The standard InChI is InChI=1S/C30H33N2O2/c1-29(2)22-12-8-10-14-24(22)31(5)26(29)17-16-20-18-21(34-28(20)33)19-27-30(3,4)23-13-9-11-15-25(23)32(27,6)7/h8-19H,1-7H3/q+1/b20-16-,26-17-,27-19-. The molecule has 0 saturated carbocycles. The zero-order chi connectivity index (χ0) is 24.5. The Labute approximate surface area is 202 Å². The van der Waals surface area contributed by atoms with E-state index in [9.17, 15) is 4.79 Å². The summed E-state index contributed by atoms with van der Waals surface area (Å²) in [6, 6.07) is 17.0. The molecule has 0 saturated heterocycles. The van der Waals surface area contributed by atoms with Gasteiger partial charge in [-0.1, -0.05) is 50.2 Å². The number of cyclic esters (lactones) is 1. The average Bonchev–Trinajstić information content (AvgIpc) is 3.29. The second-order valence-electron chi connectivity index (χ2n) is 10.9. The Morgan fingerprint density at radius 1 is 0.882 bits per heavy atom. The molecule has 2 aromatic rings. The second-order valence-corrected chi connectivity index (χ2v) is 10.9. The Morgan fingerprint density at radius 3 is 2.21 bits per heavy atom. The van der Waals surface area contributed by atoms with Gasteiger partial charge in [0.25, 0.3) is 0 Å². The fraction of sp³-hybridized carbons (Fsp3) is 0.300. The highest BCUT2D eigenvalue weighted by Crippen LogP contribution is 2.51. The van der Waals surface area contributed by atoms with Crippen LogP contribution in [0.5, 0.6) is 0 Å². The normalized spacial score (nSPS) is 25.0. The van der Waals surface area contributed by atoms with Crippen LogP contribution in [0.15, 0.2) is 95.6 Å². The number of hydrogen-bond acceptors (Lipinski definition) is 3. The summed E-state index contributed by atoms with van der Waals surface area (Å²) >= 11 is 0. The molecule has 0 N–H and O–H groups in total. The van der Waals surface area contributed by atoms with Crippen LogP contribution in [0.25, 0.3) is 0 Å². The van der Waals surface area contributed by atoms with Crippen molar-refractivity contribution in [1.82, 2.24) is 4.48 Å². The number of hydrogen-bond donors (Lipinski definition) is 0. The van der Waals surface area contributed by atoms with Crippen LogP contribution in [0, 0.1) is 0 Å². The summed E-state index contributed by atoms with van der Waals surface area (Å²) in [6.45, 7) is 8.91. The molecular weight excluding hydrogens is 420 g/mol. The van der Waals surface area contributed by atoms with Crippen molar-refractivity contribution in [2.24, 2.45) is 0 Å². The maximum Gasteiger partial charge on any atom is 0.343 e. The topological polar surface area (TPSA) is 29.5 Å². The molecule has 3 aliphatic heterocycles. The number of quaternary nitrogens is 1. The molecule has 174 valence electrons. The Bertz CT molecular complexity index is 1300. The second kappa shape index (κ2) is 7.31. The quantitative estimate of drug-likeness (QED) is 0.312. The number of fused-ring (bicyclic) bond motifs is 2. The van der Waals surface area contributed by atoms with E-state index >= 15 is 0 Å². The third kappa shape index (κ3) is 3.13. The van der Waals surface area contributed by atoms with E-state index in [2.05, 4.69) is 108 Å². The number of rotatable bonds is 2. The zero-order valence-electron chi connectivity index (χ0n) is 21.1. The summed E-state index contributed by atoms with van der Waals surface area (Å²) in [6.07, 6.45) is 7.86. The summed E-state index contributed by atoms with van der Waals surface area (Å²) in [4.78, 5) is 15.0. The lowest BCUT2D eigenvalue weighted by atomic mass is 9.83. The number of benzene rings is 2. The van der Waals surface area contributed by atoms with Crippen LogP contribution < -0.4 is 9.38 Å². The number of likely N-dealkylation sites (N-methyl/N-ethyl adjacent to an activating group) is 2. The van der Waals surface area contributed by atoms with E-state index in [1.165, 1.54) is 28.2 Å². The van der Waals surface area contributed by atoms with Gasteiger partial charge in [0.1, 0.15) is 17.1 Å². The first-order valence-corrected chi connectivity index (χ1v) is 11.8. The van der Waals surface area contributed by atoms with E-state index in [4.69, 9.17) is 4.74 Å². The van der Waals surface area contributed by atoms with Crippen LogP contribution in [0.1, 0.15) is 38.8 Å². The van der Waals surface area contributed by atoms with Gasteiger partial charge in [-0.3, -0.25) is 4.48 Å². The van der Waals surface area contributed by atoms with Crippen molar-refractivity contribution in [3.05, 3.63) is 107 Å². The van der Waals surface area contributed by atoms with Crippen LogP contribution in [0.4, 0.5) is 11.4 Å². The molecule has 2 aromatic carbocycles. The highest BCUT2D eigenvalue weighted by Gasteiger charge is 2.49. The molecule has 0 spiro atoms. The zero-order valence-corrected chi connectivity index (χ0v) is 21.1. The molecule has 0 fully saturated rings. The smallest absolute Gasteiger partial charge is 0.343 e. The first-order chi connectivity index (χ1) is 16.0. The summed E-state index contributed by atoms with van der Waals surface area (Å²) in [5.41, 5.74) is 7.69. The van der Waals surface area contributed by atoms with Gasteiger partial charge >= 0.3 is 5.97 Å². The van der Waals surface area contributed by atoms with Crippen LogP contribution in [0.3, 0.4) is 0 Å². The van der Waals surface area contributed by atoms with Gasteiger partial charge in [0.15, 0.2) is 0 Å². The molecule has 0 amide bonds. The first-order valence-electron chi connectivity index (χ1n) is 11.8. The number of anilines is 1. The molecule has 0 bridgehead atoms. The van der Waals surface area contributed by atoms with Gasteiger partial charge in [0, 0.05) is 35.5 Å². The molecule has 4 nitrogen and oxygen atoms in total. The van der Waals surface area contributed by atoms with E-state index in [0.717, 1.165) is 5.70 Å². The van der Waals surface area contributed by atoms with Crippen molar-refractivity contribution in [3.8, 4) is 0 Å². The SMILES string of the molecule is CN1/C(=C\C=C2C=C(/C=C3/C(C)(C)c4ccccc4[N+]3(C)C)OC\2=O)C(C)(C)c2ccccc21. The van der Waals surface area contributed by atoms with Crippen molar-refractivity contribution < 1.29 is 9.53 Å². The minimum absolute atomic E-state index is 0.138. The van der Waals surface area contributed by atoms with Gasteiger partial charge in [-0.05, 0) is 49.8 Å². The molecule has 0 aliphatic carbocycles. The molecule has 0 aromatic heterocycles. The van der Waals surface area contributed by atoms with Gasteiger partial charge in [0.05, 0.1) is 25.1 Å². The summed E-state index contributed by atoms with van der Waals surface area (Å²) in [5, 5.41) is 0. The van der Waals surface area contributed by atoms with Crippen molar-refractivity contribution in [1.29, 1.82) is 0 Å². The van der Waals surface area contributed by atoms with Crippen LogP contribution >= 0.6 is 0 Å². The number of allylic oxidation sites excluding steroid dienone is 5. The molecule has 3 heterocycles. The Kier molecular flexibility index (Phi) is 4.82. The maximum atomic E-state index is 12.7. The Balaban J connectivity index is 1.50. The molecule has 5 rings (SSSR count). The maximum absolute atomic E-state index is 12.7. The monoisotopic (exact) mass is 453 g/mol. The number of carbonyl (C=O) groups is 1. The fourth-order valence-corrected chi connectivity index (χ4v) is 6.00. The number of esters is 1. The van der Waals surface area contributed by atoms with E-state index in [-0.39, 0.29) is 16.8 Å². The summed E-state index contributed by atoms with van der Waals surface area (Å²) in [7, 11) is 6.46. The predicted molar refractivity (Wildman–Crippen MR) is 139 cm³/mol. The van der Waals surface area contributed by atoms with E-state index in [1.54, 1.807) is 0 Å². The molecule has 0 atom stereocenters. The molecule has 3 aliphatic rings. The Hall–Kier alpha value is -3.37.